The molecule has 0 radical (unpaired) electrons. The van der Waals surface area contributed by atoms with Crippen LogP contribution >= 0.6 is 0 Å². The van der Waals surface area contributed by atoms with Crippen molar-refractivity contribution >= 4 is 5.91 Å². The van der Waals surface area contributed by atoms with Gasteiger partial charge in [-0.3, -0.25) is 9.89 Å². The number of amides is 1. The molecule has 3 N–H and O–H groups in total. The SMILES string of the molecule is Cc1ccc(C2c3c(-c4cc(C)ccc4O)n[nH]c3C(=O)N2CCO)cc1. The summed E-state index contributed by atoms with van der Waals surface area (Å²) in [6.45, 7) is 4.04. The van der Waals surface area contributed by atoms with Crippen LogP contribution in [-0.2, 0) is 0 Å². The zero-order valence-electron chi connectivity index (χ0n) is 15.2. The lowest BCUT2D eigenvalue weighted by molar-refractivity contribution is 0.0706. The van der Waals surface area contributed by atoms with Gasteiger partial charge in [0.2, 0.25) is 0 Å². The number of aryl methyl sites for hydroxylation is 2. The lowest BCUT2D eigenvalue weighted by Crippen LogP contribution is -2.32. The summed E-state index contributed by atoms with van der Waals surface area (Å²) in [4.78, 5) is 14.6. The fourth-order valence-electron chi connectivity index (χ4n) is 3.68. The molecule has 0 saturated heterocycles. The highest BCUT2D eigenvalue weighted by Gasteiger charge is 2.42. The average molecular weight is 363 g/mol. The first-order chi connectivity index (χ1) is 13.0. The van der Waals surface area contributed by atoms with Gasteiger partial charge in [0.25, 0.3) is 5.91 Å². The fourth-order valence-corrected chi connectivity index (χ4v) is 3.68. The highest BCUT2D eigenvalue weighted by atomic mass is 16.3. The van der Waals surface area contributed by atoms with Gasteiger partial charge in [-0.25, -0.2) is 0 Å². The molecule has 1 atom stereocenters. The third kappa shape index (κ3) is 2.78. The summed E-state index contributed by atoms with van der Waals surface area (Å²) in [5.74, 6) is -0.0823. The van der Waals surface area contributed by atoms with Crippen molar-refractivity contribution in [3.05, 3.63) is 70.4 Å². The van der Waals surface area contributed by atoms with E-state index in [0.717, 1.165) is 22.3 Å². The standard InChI is InChI=1S/C21H21N3O3/c1-12-3-6-14(7-4-12)20-17-18(15-11-13(2)5-8-16(15)26)22-23-19(17)21(27)24(20)9-10-25/h3-8,11,20,25-26H,9-10H2,1-2H3,(H,22,23). The summed E-state index contributed by atoms with van der Waals surface area (Å²) in [6, 6.07) is 12.9. The van der Waals surface area contributed by atoms with Gasteiger partial charge in [0, 0.05) is 17.7 Å². The van der Waals surface area contributed by atoms with Crippen molar-refractivity contribution in [1.29, 1.82) is 0 Å². The Kier molecular flexibility index (Phi) is 4.20. The molecule has 3 aromatic rings. The van der Waals surface area contributed by atoms with Crippen molar-refractivity contribution in [3.63, 3.8) is 0 Å². The molecule has 6 nitrogen and oxygen atoms in total. The predicted molar refractivity (Wildman–Crippen MR) is 102 cm³/mol. The Labute approximate surface area is 157 Å². The maximum absolute atomic E-state index is 12.9. The molecule has 0 aliphatic carbocycles. The maximum atomic E-state index is 12.9. The fraction of sp³-hybridized carbons (Fsp3) is 0.238. The topological polar surface area (TPSA) is 89.5 Å². The van der Waals surface area contributed by atoms with Gasteiger partial charge in [0.1, 0.15) is 17.1 Å². The van der Waals surface area contributed by atoms with Crippen molar-refractivity contribution < 1.29 is 15.0 Å². The van der Waals surface area contributed by atoms with Crippen molar-refractivity contribution in [3.8, 4) is 17.0 Å². The van der Waals surface area contributed by atoms with Gasteiger partial charge < -0.3 is 15.1 Å². The van der Waals surface area contributed by atoms with E-state index in [1.54, 1.807) is 11.0 Å². The van der Waals surface area contributed by atoms with Crippen LogP contribution in [-0.4, -0.2) is 44.4 Å². The van der Waals surface area contributed by atoms with E-state index in [1.165, 1.54) is 0 Å². The number of nitrogens with one attached hydrogen (secondary N) is 1. The molecule has 4 rings (SSSR count). The number of hydrogen-bond acceptors (Lipinski definition) is 4. The van der Waals surface area contributed by atoms with Crippen LogP contribution in [0.25, 0.3) is 11.3 Å². The van der Waals surface area contributed by atoms with Gasteiger partial charge in [-0.1, -0.05) is 41.5 Å². The second-order valence-electron chi connectivity index (χ2n) is 6.92. The molecule has 1 aliphatic rings. The minimum atomic E-state index is -0.367. The minimum absolute atomic E-state index is 0.116. The van der Waals surface area contributed by atoms with Crippen molar-refractivity contribution in [2.24, 2.45) is 0 Å². The monoisotopic (exact) mass is 363 g/mol. The first-order valence-electron chi connectivity index (χ1n) is 8.88. The second kappa shape index (κ2) is 6.55. The summed E-state index contributed by atoms with van der Waals surface area (Å²) < 4.78 is 0. The van der Waals surface area contributed by atoms with E-state index in [2.05, 4.69) is 10.2 Å². The number of hydrogen-bond donors (Lipinski definition) is 3. The number of phenolic OH excluding ortho intramolecular Hbond substituents is 1. The molecule has 1 amide bonds. The number of phenols is 1. The van der Waals surface area contributed by atoms with Gasteiger partial charge in [-0.2, -0.15) is 5.10 Å². The number of H-pyrrole nitrogens is 1. The predicted octanol–water partition coefficient (Wildman–Crippen LogP) is 2.94. The summed E-state index contributed by atoms with van der Waals surface area (Å²) in [6.07, 6.45) is 0. The van der Waals surface area contributed by atoms with Gasteiger partial charge in [0.15, 0.2) is 0 Å². The molecule has 1 aromatic heterocycles. The molecule has 6 heteroatoms. The minimum Gasteiger partial charge on any atom is -0.507 e. The second-order valence-corrected chi connectivity index (χ2v) is 6.92. The Morgan fingerprint density at radius 2 is 1.81 bits per heavy atom. The molecule has 0 fully saturated rings. The number of aliphatic hydroxyl groups excluding tert-OH is 1. The molecular weight excluding hydrogens is 342 g/mol. The van der Waals surface area contributed by atoms with E-state index in [-0.39, 0.29) is 30.9 Å². The number of β-amino-alcohol motifs (C(OH)–C–C–N with tert-alkyl or cyclic N) is 1. The summed E-state index contributed by atoms with van der Waals surface area (Å²) >= 11 is 0. The Morgan fingerprint density at radius 3 is 2.52 bits per heavy atom. The lowest BCUT2D eigenvalue weighted by atomic mass is 9.94. The van der Waals surface area contributed by atoms with Crippen molar-refractivity contribution in [1.82, 2.24) is 15.1 Å². The molecule has 138 valence electrons. The van der Waals surface area contributed by atoms with Crippen LogP contribution in [0.3, 0.4) is 0 Å². The number of aromatic amines is 1. The Bertz CT molecular complexity index is 1010. The van der Waals surface area contributed by atoms with Gasteiger partial charge in [-0.05, 0) is 31.5 Å². The number of fused-ring (bicyclic) bond motifs is 1. The van der Waals surface area contributed by atoms with Crippen LogP contribution in [0, 0.1) is 13.8 Å². The number of rotatable bonds is 4. The van der Waals surface area contributed by atoms with Crippen molar-refractivity contribution in [2.45, 2.75) is 19.9 Å². The number of aromatic hydroxyl groups is 1. The number of aliphatic hydroxyl groups is 1. The molecule has 0 saturated carbocycles. The van der Waals surface area contributed by atoms with Crippen LogP contribution < -0.4 is 0 Å². The van der Waals surface area contributed by atoms with Gasteiger partial charge in [0.05, 0.1) is 12.6 Å². The first-order valence-corrected chi connectivity index (χ1v) is 8.88. The molecular formula is C21H21N3O3. The van der Waals surface area contributed by atoms with Crippen LogP contribution in [0.2, 0.25) is 0 Å². The van der Waals surface area contributed by atoms with Crippen LogP contribution in [0.1, 0.15) is 38.8 Å². The third-order valence-electron chi connectivity index (χ3n) is 5.00. The average Bonchev–Trinajstić information content (AvgIpc) is 3.19. The Morgan fingerprint density at radius 1 is 1.11 bits per heavy atom. The van der Waals surface area contributed by atoms with E-state index in [0.29, 0.717) is 17.0 Å². The van der Waals surface area contributed by atoms with Crippen LogP contribution in [0.5, 0.6) is 5.75 Å². The van der Waals surface area contributed by atoms with E-state index in [1.807, 2.05) is 50.2 Å². The van der Waals surface area contributed by atoms with Crippen LogP contribution in [0.4, 0.5) is 0 Å². The number of carbonyl (C=O) groups is 1. The Balaban J connectivity index is 1.92. The summed E-state index contributed by atoms with van der Waals surface area (Å²) in [5.41, 5.74) is 5.34. The third-order valence-corrected chi connectivity index (χ3v) is 5.00. The number of nitrogens with zero attached hydrogens (tertiary/aromatic N) is 2. The highest BCUT2D eigenvalue weighted by Crippen LogP contribution is 2.44. The molecule has 1 aliphatic heterocycles. The molecule has 0 spiro atoms. The number of benzene rings is 2. The van der Waals surface area contributed by atoms with E-state index >= 15 is 0 Å². The lowest BCUT2D eigenvalue weighted by Gasteiger charge is -2.25. The first kappa shape index (κ1) is 17.3. The van der Waals surface area contributed by atoms with E-state index in [9.17, 15) is 15.0 Å². The van der Waals surface area contributed by atoms with Crippen molar-refractivity contribution in [2.75, 3.05) is 13.2 Å². The quantitative estimate of drug-likeness (QED) is 0.665. The number of carbonyl (C=O) groups excluding carboxylic acids is 1. The van der Waals surface area contributed by atoms with E-state index < -0.39 is 0 Å². The summed E-state index contributed by atoms with van der Waals surface area (Å²) in [7, 11) is 0. The largest absolute Gasteiger partial charge is 0.507 e. The molecule has 27 heavy (non-hydrogen) atoms. The number of aromatic nitrogens is 2. The van der Waals surface area contributed by atoms with Gasteiger partial charge >= 0.3 is 0 Å². The zero-order valence-corrected chi connectivity index (χ0v) is 15.2. The van der Waals surface area contributed by atoms with Gasteiger partial charge in [-0.15, -0.1) is 0 Å². The maximum Gasteiger partial charge on any atom is 0.273 e. The zero-order chi connectivity index (χ0) is 19.1. The highest BCUT2D eigenvalue weighted by molar-refractivity contribution is 6.00. The smallest absolute Gasteiger partial charge is 0.273 e. The Hall–Kier alpha value is -3.12. The molecule has 0 bridgehead atoms. The molecule has 2 heterocycles. The van der Waals surface area contributed by atoms with E-state index in [4.69, 9.17) is 0 Å². The molecule has 1 unspecified atom stereocenters. The summed E-state index contributed by atoms with van der Waals surface area (Å²) in [5, 5.41) is 27.1. The van der Waals surface area contributed by atoms with Crippen LogP contribution in [0.15, 0.2) is 42.5 Å². The normalized spacial score (nSPS) is 16.0. The molecule has 2 aromatic carbocycles.